The van der Waals surface area contributed by atoms with Gasteiger partial charge in [0, 0.05) is 16.5 Å². The highest BCUT2D eigenvalue weighted by Crippen LogP contribution is 2.37. The summed E-state index contributed by atoms with van der Waals surface area (Å²) in [4.78, 5) is 36.7. The first-order valence-electron chi connectivity index (χ1n) is 9.50. The number of benzene rings is 2. The minimum Gasteiger partial charge on any atom is -0.483 e. The number of nitrogens with one attached hydrogen (secondary N) is 3. The first-order valence-corrected chi connectivity index (χ1v) is 10.4. The quantitative estimate of drug-likeness (QED) is 0.424. The monoisotopic (exact) mass is 449 g/mol. The molecule has 2 aromatic rings. The molecule has 3 rings (SSSR count). The molecule has 2 aromatic carbocycles. The second-order valence-electron chi connectivity index (χ2n) is 7.00. The first-order chi connectivity index (χ1) is 14.8. The number of carbonyl (C=O) groups is 3. The molecule has 0 unspecified atom stereocenters. The van der Waals surface area contributed by atoms with Crippen molar-refractivity contribution >= 4 is 35.2 Å². The lowest BCUT2D eigenvalue weighted by atomic mass is 10.2. The van der Waals surface area contributed by atoms with E-state index in [1.54, 1.807) is 12.1 Å². The fraction of sp³-hybridized carbons (Fsp3) is 0.286. The molecule has 10 heteroatoms. The van der Waals surface area contributed by atoms with Crippen LogP contribution in [0, 0.1) is 11.8 Å². The molecule has 1 saturated carbocycles. The van der Waals surface area contributed by atoms with Gasteiger partial charge < -0.3 is 10.1 Å². The molecular weight excluding hydrogens is 428 g/mol. The van der Waals surface area contributed by atoms with Gasteiger partial charge in [0.25, 0.3) is 17.6 Å². The molecule has 1 aliphatic rings. The number of hydrazine groups is 1. The summed E-state index contributed by atoms with van der Waals surface area (Å²) >= 11 is 0.414. The Morgan fingerprint density at radius 2 is 1.77 bits per heavy atom. The molecule has 7 nitrogen and oxygen atoms in total. The molecule has 1 fully saturated rings. The molecule has 0 radical (unpaired) electrons. The van der Waals surface area contributed by atoms with Gasteiger partial charge in [0.1, 0.15) is 5.75 Å². The van der Waals surface area contributed by atoms with E-state index in [2.05, 4.69) is 16.2 Å². The van der Waals surface area contributed by atoms with Gasteiger partial charge in [0.15, 0.2) is 6.61 Å². The Balaban J connectivity index is 1.51. The highest BCUT2D eigenvalue weighted by atomic mass is 32.2. The van der Waals surface area contributed by atoms with Gasteiger partial charge in [-0.05, 0) is 48.7 Å². The van der Waals surface area contributed by atoms with Crippen LogP contribution in [0.2, 0.25) is 0 Å². The van der Waals surface area contributed by atoms with Crippen molar-refractivity contribution in [3.63, 3.8) is 0 Å². The van der Waals surface area contributed by atoms with Crippen LogP contribution in [0.1, 0.15) is 23.7 Å². The number of ether oxygens (including phenoxy) is 1. The van der Waals surface area contributed by atoms with Crippen LogP contribution in [0.5, 0.6) is 5.75 Å². The number of rotatable bonds is 8. The summed E-state index contributed by atoms with van der Waals surface area (Å²) < 4.78 is 30.2. The van der Waals surface area contributed by atoms with Gasteiger partial charge in [-0.3, -0.25) is 25.2 Å². The summed E-state index contributed by atoms with van der Waals surface area (Å²) in [7, 11) is 0. The van der Waals surface area contributed by atoms with E-state index in [0.29, 0.717) is 28.3 Å². The summed E-state index contributed by atoms with van der Waals surface area (Å²) in [6.45, 7) is 1.58. The summed E-state index contributed by atoms with van der Waals surface area (Å²) in [6.07, 6.45) is 0.796. The smallest absolute Gasteiger partial charge is 0.288 e. The highest BCUT2D eigenvalue weighted by molar-refractivity contribution is 7.99. The van der Waals surface area contributed by atoms with Crippen molar-refractivity contribution in [2.45, 2.75) is 24.0 Å². The Bertz CT molecular complexity index is 956. The maximum Gasteiger partial charge on any atom is 0.288 e. The predicted molar refractivity (Wildman–Crippen MR) is 112 cm³/mol. The van der Waals surface area contributed by atoms with Crippen LogP contribution in [0.4, 0.5) is 14.5 Å². The fourth-order valence-corrected chi connectivity index (χ4v) is 3.30. The van der Waals surface area contributed by atoms with Crippen LogP contribution in [-0.2, 0) is 9.59 Å². The number of halogens is 2. The molecule has 0 aromatic heterocycles. The van der Waals surface area contributed by atoms with E-state index < -0.39 is 17.6 Å². The fourth-order valence-electron chi connectivity index (χ4n) is 2.81. The molecule has 0 heterocycles. The lowest BCUT2D eigenvalue weighted by Crippen LogP contribution is -2.42. The van der Waals surface area contributed by atoms with Crippen molar-refractivity contribution in [1.82, 2.24) is 10.9 Å². The normalized spacial score (nSPS) is 17.0. The average molecular weight is 449 g/mol. The van der Waals surface area contributed by atoms with Crippen LogP contribution in [0.3, 0.4) is 0 Å². The van der Waals surface area contributed by atoms with Crippen molar-refractivity contribution in [2.24, 2.45) is 11.8 Å². The van der Waals surface area contributed by atoms with Crippen molar-refractivity contribution in [1.29, 1.82) is 0 Å². The third kappa shape index (κ3) is 6.68. The Morgan fingerprint density at radius 3 is 2.42 bits per heavy atom. The zero-order valence-corrected chi connectivity index (χ0v) is 17.4. The lowest BCUT2D eigenvalue weighted by Gasteiger charge is -2.12. The Hall–Kier alpha value is -3.14. The minimum atomic E-state index is -2.52. The number of hydrogen-bond acceptors (Lipinski definition) is 5. The van der Waals surface area contributed by atoms with Crippen LogP contribution in [0.25, 0.3) is 0 Å². The first kappa shape index (κ1) is 22.5. The van der Waals surface area contributed by atoms with Crippen molar-refractivity contribution in [3.05, 3.63) is 54.1 Å². The van der Waals surface area contributed by atoms with E-state index in [0.717, 1.165) is 6.42 Å². The zero-order chi connectivity index (χ0) is 22.4. The largest absolute Gasteiger partial charge is 0.483 e. The van der Waals surface area contributed by atoms with E-state index in [1.807, 2.05) is 6.92 Å². The summed E-state index contributed by atoms with van der Waals surface area (Å²) in [5.74, 6) is -3.41. The molecule has 0 aliphatic heterocycles. The van der Waals surface area contributed by atoms with E-state index in [-0.39, 0.29) is 29.7 Å². The number of carbonyl (C=O) groups excluding carboxylic acids is 3. The second-order valence-corrected chi connectivity index (χ2v) is 8.06. The topological polar surface area (TPSA) is 96.5 Å². The number of anilines is 1. The number of hydrogen-bond donors (Lipinski definition) is 3. The molecule has 0 bridgehead atoms. The van der Waals surface area contributed by atoms with Crippen LogP contribution in [-0.4, -0.2) is 30.1 Å². The van der Waals surface area contributed by atoms with Gasteiger partial charge in [-0.2, -0.15) is 8.78 Å². The summed E-state index contributed by atoms with van der Waals surface area (Å²) in [5, 5.41) is 2.59. The molecule has 2 atom stereocenters. The number of alkyl halides is 2. The van der Waals surface area contributed by atoms with Gasteiger partial charge in [0.05, 0.1) is 5.56 Å². The van der Waals surface area contributed by atoms with E-state index >= 15 is 0 Å². The van der Waals surface area contributed by atoms with Gasteiger partial charge in [-0.15, -0.1) is 0 Å². The molecule has 31 heavy (non-hydrogen) atoms. The van der Waals surface area contributed by atoms with Gasteiger partial charge >= 0.3 is 0 Å². The number of thioether (sulfide) groups is 1. The summed E-state index contributed by atoms with van der Waals surface area (Å²) in [5.41, 5.74) is 5.33. The molecular formula is C21H21F2N3O4S. The van der Waals surface area contributed by atoms with E-state index in [9.17, 15) is 23.2 Å². The standard InChI is InChI=1S/C21H21F2N3O4S/c1-12-10-16(12)20(29)26-25-19(28)15-4-2-3-5-17(15)30-11-18(27)24-13-6-8-14(9-7-13)31-21(22)23/h2-9,12,16,21H,10-11H2,1H3,(H,24,27)(H,25,28)(H,26,29)/t12-,16-/m0/s1. The minimum absolute atomic E-state index is 0.0847. The molecule has 0 spiro atoms. The van der Waals surface area contributed by atoms with Crippen molar-refractivity contribution in [2.75, 3.05) is 11.9 Å². The zero-order valence-electron chi connectivity index (χ0n) is 16.6. The van der Waals surface area contributed by atoms with Crippen LogP contribution < -0.4 is 20.9 Å². The number of para-hydroxylation sites is 1. The van der Waals surface area contributed by atoms with Gasteiger partial charge in [0.2, 0.25) is 5.91 Å². The van der Waals surface area contributed by atoms with Gasteiger partial charge in [-0.1, -0.05) is 30.8 Å². The summed E-state index contributed by atoms with van der Waals surface area (Å²) in [6, 6.07) is 12.3. The van der Waals surface area contributed by atoms with E-state index in [1.165, 1.54) is 36.4 Å². The SMILES string of the molecule is C[C@H]1C[C@@H]1C(=O)NNC(=O)c1ccccc1OCC(=O)Nc1ccc(SC(F)F)cc1. The molecule has 164 valence electrons. The second kappa shape index (κ2) is 10.3. The van der Waals surface area contributed by atoms with Crippen LogP contribution >= 0.6 is 11.8 Å². The molecule has 0 saturated heterocycles. The van der Waals surface area contributed by atoms with Gasteiger partial charge in [-0.25, -0.2) is 0 Å². The maximum absolute atomic E-state index is 12.4. The van der Waals surface area contributed by atoms with Crippen molar-refractivity contribution < 1.29 is 27.9 Å². The molecule has 1 aliphatic carbocycles. The van der Waals surface area contributed by atoms with Crippen LogP contribution in [0.15, 0.2) is 53.4 Å². The van der Waals surface area contributed by atoms with Crippen molar-refractivity contribution in [3.8, 4) is 5.75 Å². The average Bonchev–Trinajstić information content (AvgIpc) is 3.48. The maximum atomic E-state index is 12.4. The lowest BCUT2D eigenvalue weighted by molar-refractivity contribution is -0.123. The van der Waals surface area contributed by atoms with E-state index in [4.69, 9.17) is 4.74 Å². The third-order valence-electron chi connectivity index (χ3n) is 4.60. The molecule has 3 N–H and O–H groups in total. The molecule has 3 amide bonds. The Labute approximate surface area is 181 Å². The third-order valence-corrected chi connectivity index (χ3v) is 5.32. The Morgan fingerprint density at radius 1 is 1.10 bits per heavy atom. The highest BCUT2D eigenvalue weighted by Gasteiger charge is 2.39. The predicted octanol–water partition coefficient (Wildman–Crippen LogP) is 3.44. The Kier molecular flexibility index (Phi) is 7.45. The number of amides is 3.